The Hall–Kier alpha value is -1.81. The van der Waals surface area contributed by atoms with Crippen LogP contribution in [-0.4, -0.2) is 0 Å². The van der Waals surface area contributed by atoms with Gasteiger partial charge in [-0.3, -0.25) is 0 Å². The van der Waals surface area contributed by atoms with Crippen LogP contribution in [0.3, 0.4) is 0 Å². The van der Waals surface area contributed by atoms with Gasteiger partial charge in [0.25, 0.3) is 0 Å². The summed E-state index contributed by atoms with van der Waals surface area (Å²) in [4.78, 5) is 0.372. The minimum Gasteiger partial charge on any atom is -0.118 e. The Morgan fingerprint density at radius 1 is 0.900 bits per heavy atom. The van der Waals surface area contributed by atoms with Crippen molar-refractivity contribution in [1.82, 2.24) is 0 Å². The van der Waals surface area contributed by atoms with Crippen molar-refractivity contribution in [1.29, 1.82) is 0 Å². The Morgan fingerprint density at radius 3 is 2.25 bits per heavy atom. The Morgan fingerprint density at radius 2 is 1.55 bits per heavy atom. The van der Waals surface area contributed by atoms with Gasteiger partial charge in [0, 0.05) is 17.0 Å². The molecule has 0 amide bonds. The first kappa shape index (κ1) is 13.2. The van der Waals surface area contributed by atoms with E-state index in [0.29, 0.717) is 20.5 Å². The molecule has 0 radical (unpaired) electrons. The van der Waals surface area contributed by atoms with Gasteiger partial charge in [-0.05, 0) is 30.7 Å². The monoisotopic (exact) mass is 293 g/mol. The third-order valence-electron chi connectivity index (χ3n) is 3.29. The predicted octanol–water partition coefficient (Wildman–Crippen LogP) is 6.04. The summed E-state index contributed by atoms with van der Waals surface area (Å²) >= 11 is 0. The second kappa shape index (κ2) is 4.63. The van der Waals surface area contributed by atoms with Crippen LogP contribution in [0, 0.1) is 6.92 Å². The predicted molar refractivity (Wildman–Crippen MR) is 77.9 cm³/mol. The van der Waals surface area contributed by atoms with Crippen molar-refractivity contribution in [3.05, 3.63) is 60.2 Å². The lowest BCUT2D eigenvalue weighted by Crippen LogP contribution is -1.97. The van der Waals surface area contributed by atoms with Crippen molar-refractivity contribution in [3.63, 3.8) is 0 Å². The quantitative estimate of drug-likeness (QED) is 0.480. The van der Waals surface area contributed by atoms with Crippen LogP contribution in [0.25, 0.3) is 20.5 Å². The van der Waals surface area contributed by atoms with Crippen LogP contribution < -0.4 is 0 Å². The van der Waals surface area contributed by atoms with Crippen molar-refractivity contribution in [2.75, 3.05) is 0 Å². The second-order valence-electron chi connectivity index (χ2n) is 4.61. The molecule has 3 aromatic rings. The topological polar surface area (TPSA) is 0 Å². The van der Waals surface area contributed by atoms with Crippen LogP contribution in [0.1, 0.15) is 5.56 Å². The fourth-order valence-corrected chi connectivity index (χ4v) is 4.40. The van der Waals surface area contributed by atoms with Crippen LogP contribution in [0.2, 0.25) is 0 Å². The van der Waals surface area contributed by atoms with E-state index in [4.69, 9.17) is 0 Å². The average Bonchev–Trinajstić information content (AvgIpc) is 2.78. The summed E-state index contributed by atoms with van der Waals surface area (Å²) in [5.41, 5.74) is -2.70. The van der Waals surface area contributed by atoms with E-state index in [9.17, 15) is 13.2 Å². The molecule has 0 aliphatic heterocycles. The Bertz CT molecular complexity index is 769. The van der Waals surface area contributed by atoms with Gasteiger partial charge in [-0.25, -0.2) is 0 Å². The molecule has 0 saturated heterocycles. The van der Waals surface area contributed by atoms with Gasteiger partial charge in [0.1, 0.15) is 10.5 Å². The molecule has 20 heavy (non-hydrogen) atoms. The molecule has 1 heterocycles. The summed E-state index contributed by atoms with van der Waals surface area (Å²) in [5.74, 6) is 0. The lowest BCUT2D eigenvalue weighted by Gasteiger charge is -2.03. The van der Waals surface area contributed by atoms with Crippen LogP contribution in [-0.2, 0) is 5.51 Å². The molecule has 0 N–H and O–H groups in total. The molecule has 0 aliphatic carbocycles. The van der Waals surface area contributed by atoms with E-state index in [-0.39, 0.29) is 0 Å². The first-order valence-electron chi connectivity index (χ1n) is 6.16. The smallest absolute Gasteiger partial charge is 0.118 e. The minimum absolute atomic E-state index is 0.372. The number of hydrogen-bond acceptors (Lipinski definition) is 0. The maximum Gasteiger partial charge on any atom is 0.601 e. The van der Waals surface area contributed by atoms with Crippen LogP contribution in [0.4, 0.5) is 13.2 Å². The fraction of sp³-hybridized carbons (Fsp3) is 0.125. The molecule has 4 heteroatoms. The maximum absolute atomic E-state index is 13.5. The van der Waals surface area contributed by atoms with E-state index in [1.165, 1.54) is 0 Å². The van der Waals surface area contributed by atoms with Gasteiger partial charge < -0.3 is 0 Å². The van der Waals surface area contributed by atoms with Crippen molar-refractivity contribution in [2.45, 2.75) is 12.4 Å². The van der Waals surface area contributed by atoms with E-state index < -0.39 is 16.0 Å². The summed E-state index contributed by atoms with van der Waals surface area (Å²) in [6, 6.07) is 15.7. The Balaban J connectivity index is 2.39. The standard InChI is InChI=1S/C16H12F3S/c1-11-6-2-4-8-13(11)15-10-12-7-3-5-9-14(12)20(15)16(17,18)19/h2-10H,1H3/q+1. The van der Waals surface area contributed by atoms with E-state index in [0.717, 1.165) is 5.56 Å². The number of benzene rings is 2. The van der Waals surface area contributed by atoms with Crippen LogP contribution in [0.5, 0.6) is 0 Å². The fourth-order valence-electron chi connectivity index (χ4n) is 2.39. The van der Waals surface area contributed by atoms with Crippen LogP contribution in [0.15, 0.2) is 54.6 Å². The lowest BCUT2D eigenvalue weighted by atomic mass is 10.1. The van der Waals surface area contributed by atoms with Crippen molar-refractivity contribution in [2.24, 2.45) is 0 Å². The third-order valence-corrected chi connectivity index (χ3v) is 5.34. The zero-order valence-electron chi connectivity index (χ0n) is 10.7. The zero-order valence-corrected chi connectivity index (χ0v) is 11.6. The Kier molecular flexibility index (Phi) is 3.05. The summed E-state index contributed by atoms with van der Waals surface area (Å²) in [7, 11) is -1.86. The molecule has 1 unspecified atom stereocenters. The molecular weight excluding hydrogens is 281 g/mol. The van der Waals surface area contributed by atoms with Gasteiger partial charge in [0.2, 0.25) is 0 Å². The number of halogens is 3. The summed E-state index contributed by atoms with van der Waals surface area (Å²) < 4.78 is 40.8. The van der Waals surface area contributed by atoms with Gasteiger partial charge >= 0.3 is 5.51 Å². The molecule has 1 atom stereocenters. The maximum atomic E-state index is 13.5. The number of alkyl halides is 3. The highest BCUT2D eigenvalue weighted by atomic mass is 32.2. The second-order valence-corrected chi connectivity index (χ2v) is 6.57. The first-order chi connectivity index (χ1) is 9.48. The van der Waals surface area contributed by atoms with E-state index >= 15 is 0 Å². The van der Waals surface area contributed by atoms with Gasteiger partial charge in [-0.1, -0.05) is 30.3 Å². The SMILES string of the molecule is Cc1ccccc1-c1cc2ccccc2[s+]1C(F)(F)F. The van der Waals surface area contributed by atoms with Crippen molar-refractivity contribution >= 4 is 20.6 Å². The zero-order chi connectivity index (χ0) is 14.3. The molecule has 1 aromatic heterocycles. The van der Waals surface area contributed by atoms with E-state index in [1.54, 1.807) is 42.5 Å². The molecule has 0 fully saturated rings. The number of hydrogen-bond donors (Lipinski definition) is 0. The number of aryl methyl sites for hydroxylation is 1. The van der Waals surface area contributed by atoms with Gasteiger partial charge in [0.05, 0.1) is 0 Å². The molecule has 0 bridgehead atoms. The molecule has 0 nitrogen and oxygen atoms in total. The average molecular weight is 293 g/mol. The first-order valence-corrected chi connectivity index (χ1v) is 7.39. The minimum atomic E-state index is -4.25. The van der Waals surface area contributed by atoms with Gasteiger partial charge in [-0.15, -0.1) is 13.2 Å². The lowest BCUT2D eigenvalue weighted by molar-refractivity contribution is -0.0864. The molecule has 2 aromatic carbocycles. The number of fused-ring (bicyclic) bond motifs is 1. The van der Waals surface area contributed by atoms with E-state index in [2.05, 4.69) is 0 Å². The third kappa shape index (κ3) is 2.10. The summed E-state index contributed by atoms with van der Waals surface area (Å²) in [5, 5.41) is 0.673. The molecule has 3 rings (SSSR count). The van der Waals surface area contributed by atoms with Crippen molar-refractivity contribution < 1.29 is 13.2 Å². The molecule has 0 aliphatic rings. The van der Waals surface area contributed by atoms with Gasteiger partial charge in [0.15, 0.2) is 9.58 Å². The van der Waals surface area contributed by atoms with Gasteiger partial charge in [-0.2, -0.15) is 0 Å². The number of thiophene rings is 1. The largest absolute Gasteiger partial charge is 0.601 e. The summed E-state index contributed by atoms with van der Waals surface area (Å²) in [6.07, 6.45) is 0. The van der Waals surface area contributed by atoms with E-state index in [1.807, 2.05) is 19.1 Å². The highest BCUT2D eigenvalue weighted by Crippen LogP contribution is 2.54. The summed E-state index contributed by atoms with van der Waals surface area (Å²) in [6.45, 7) is 1.84. The molecule has 0 spiro atoms. The molecule has 102 valence electrons. The normalized spacial score (nSPS) is 12.9. The Labute approximate surface area is 117 Å². The number of rotatable bonds is 1. The highest BCUT2D eigenvalue weighted by Gasteiger charge is 2.48. The molecular formula is C16H12F3S+. The van der Waals surface area contributed by atoms with Crippen LogP contribution >= 0.6 is 10.5 Å². The van der Waals surface area contributed by atoms with Crippen molar-refractivity contribution in [3.8, 4) is 10.4 Å². The molecule has 0 saturated carbocycles. The highest BCUT2D eigenvalue weighted by molar-refractivity contribution is 7.41.